The summed E-state index contributed by atoms with van der Waals surface area (Å²) in [6.45, 7) is 0. The highest BCUT2D eigenvalue weighted by atomic mass is 79.9. The van der Waals surface area contributed by atoms with E-state index in [1.54, 1.807) is 6.07 Å². The first-order chi connectivity index (χ1) is 5.25. The second-order valence-electron chi connectivity index (χ2n) is 2.16. The van der Waals surface area contributed by atoms with Gasteiger partial charge in [0.1, 0.15) is 5.75 Å². The van der Waals surface area contributed by atoms with Gasteiger partial charge in [-0.05, 0) is 12.1 Å². The number of aromatic nitrogens is 3. The molecule has 2 rings (SSSR count). The summed E-state index contributed by atoms with van der Waals surface area (Å²) in [5, 5.41) is 12.8. The number of nitrogen functional groups attached to an aromatic ring is 1. The third-order valence-electron chi connectivity index (χ3n) is 1.33. The van der Waals surface area contributed by atoms with E-state index >= 15 is 0 Å². The van der Waals surface area contributed by atoms with Crippen LogP contribution in [0, 0.1) is 0 Å². The topological polar surface area (TPSA) is 76.4 Å². The minimum Gasteiger partial charge on any atom is -0.506 e. The van der Waals surface area contributed by atoms with Crippen molar-refractivity contribution in [3.8, 4) is 5.75 Å². The lowest BCUT2D eigenvalue weighted by atomic mass is 10.4. The molecule has 0 bridgehead atoms. The Labute approximate surface area is 78.6 Å². The molecule has 0 aliphatic rings. The predicted molar refractivity (Wildman–Crippen MR) is 49.4 cm³/mol. The number of hydrogen-bond donors (Lipinski definition) is 2. The number of pyridine rings is 1. The first-order valence-electron chi connectivity index (χ1n) is 3.06. The van der Waals surface area contributed by atoms with Crippen molar-refractivity contribution in [3.05, 3.63) is 18.3 Å². The summed E-state index contributed by atoms with van der Waals surface area (Å²) in [4.78, 5) is 3.87. The van der Waals surface area contributed by atoms with Crippen molar-refractivity contribution >= 4 is 28.6 Å². The highest BCUT2D eigenvalue weighted by molar-refractivity contribution is 8.93. The predicted octanol–water partition coefficient (Wildman–Crippen LogP) is 0.595. The average molecular weight is 231 g/mol. The number of anilines is 1. The van der Waals surface area contributed by atoms with Gasteiger partial charge in [-0.15, -0.1) is 22.1 Å². The standard InChI is InChI=1S/C6H6N4O.BrH/c7-6-8-5-2-1-4(11)3-10(5)9-6;/h1-3,11H,(H2,7,9);1H. The summed E-state index contributed by atoms with van der Waals surface area (Å²) in [6.07, 6.45) is 1.44. The van der Waals surface area contributed by atoms with Crippen LogP contribution in [0.1, 0.15) is 0 Å². The number of halogens is 1. The molecule has 2 heterocycles. The van der Waals surface area contributed by atoms with Crippen molar-refractivity contribution in [3.63, 3.8) is 0 Å². The van der Waals surface area contributed by atoms with Crippen LogP contribution in [0.25, 0.3) is 5.65 Å². The Hall–Kier alpha value is -1.30. The van der Waals surface area contributed by atoms with Gasteiger partial charge >= 0.3 is 0 Å². The number of aromatic hydroxyl groups is 1. The number of nitrogens with zero attached hydrogens (tertiary/aromatic N) is 3. The molecular weight excluding hydrogens is 224 g/mol. The van der Waals surface area contributed by atoms with Crippen LogP contribution in [0.5, 0.6) is 5.75 Å². The molecule has 0 aliphatic carbocycles. The minimum atomic E-state index is 0. The molecule has 0 aliphatic heterocycles. The molecule has 0 spiro atoms. The summed E-state index contributed by atoms with van der Waals surface area (Å²) >= 11 is 0. The molecule has 0 atom stereocenters. The molecule has 2 aromatic rings. The maximum atomic E-state index is 9.01. The van der Waals surface area contributed by atoms with Crippen LogP contribution in [0.15, 0.2) is 18.3 Å². The molecule has 5 nitrogen and oxygen atoms in total. The molecular formula is C6H7BrN4O. The third-order valence-corrected chi connectivity index (χ3v) is 1.33. The van der Waals surface area contributed by atoms with Gasteiger partial charge in [-0.3, -0.25) is 0 Å². The molecule has 0 aromatic carbocycles. The van der Waals surface area contributed by atoms with Crippen LogP contribution in [-0.2, 0) is 0 Å². The maximum absolute atomic E-state index is 9.01. The van der Waals surface area contributed by atoms with Gasteiger partial charge in [-0.1, -0.05) is 0 Å². The van der Waals surface area contributed by atoms with E-state index in [9.17, 15) is 0 Å². The van der Waals surface area contributed by atoms with Gasteiger partial charge in [0.05, 0.1) is 6.20 Å². The average Bonchev–Trinajstić information content (AvgIpc) is 2.27. The highest BCUT2D eigenvalue weighted by Gasteiger charge is 1.98. The van der Waals surface area contributed by atoms with Crippen LogP contribution in [0.4, 0.5) is 5.95 Å². The molecule has 64 valence electrons. The second-order valence-corrected chi connectivity index (χ2v) is 2.16. The van der Waals surface area contributed by atoms with E-state index in [0.29, 0.717) is 5.65 Å². The molecule has 0 amide bonds. The van der Waals surface area contributed by atoms with Gasteiger partial charge < -0.3 is 10.8 Å². The number of hydrogen-bond acceptors (Lipinski definition) is 4. The van der Waals surface area contributed by atoms with Gasteiger partial charge in [0.25, 0.3) is 0 Å². The normalized spacial score (nSPS) is 9.67. The van der Waals surface area contributed by atoms with Crippen LogP contribution in [0.3, 0.4) is 0 Å². The van der Waals surface area contributed by atoms with Crippen molar-refractivity contribution in [2.24, 2.45) is 0 Å². The summed E-state index contributed by atoms with van der Waals surface area (Å²) < 4.78 is 1.42. The van der Waals surface area contributed by atoms with Gasteiger partial charge in [-0.25, -0.2) is 4.52 Å². The molecule has 2 aromatic heterocycles. The van der Waals surface area contributed by atoms with Crippen LogP contribution in [0.2, 0.25) is 0 Å². The first-order valence-corrected chi connectivity index (χ1v) is 3.06. The molecule has 12 heavy (non-hydrogen) atoms. The quantitative estimate of drug-likeness (QED) is 0.695. The van der Waals surface area contributed by atoms with Gasteiger partial charge in [0.15, 0.2) is 5.65 Å². The zero-order chi connectivity index (χ0) is 7.84. The van der Waals surface area contributed by atoms with E-state index in [0.717, 1.165) is 0 Å². The van der Waals surface area contributed by atoms with Crippen LogP contribution in [-0.4, -0.2) is 19.7 Å². The van der Waals surface area contributed by atoms with Crippen molar-refractivity contribution in [1.29, 1.82) is 0 Å². The Morgan fingerprint density at radius 3 is 2.92 bits per heavy atom. The summed E-state index contributed by atoms with van der Waals surface area (Å²) in [5.41, 5.74) is 5.94. The summed E-state index contributed by atoms with van der Waals surface area (Å²) in [5.74, 6) is 0.345. The lowest BCUT2D eigenvalue weighted by molar-refractivity contribution is 0.470. The fourth-order valence-electron chi connectivity index (χ4n) is 0.889. The Kier molecular flexibility index (Phi) is 2.18. The Morgan fingerprint density at radius 2 is 2.17 bits per heavy atom. The first kappa shape index (κ1) is 8.79. The number of nitrogens with two attached hydrogens (primary N) is 1. The van der Waals surface area contributed by atoms with Gasteiger partial charge in [0.2, 0.25) is 5.95 Å². The fraction of sp³-hybridized carbons (Fsp3) is 0. The lowest BCUT2D eigenvalue weighted by Gasteiger charge is -1.90. The monoisotopic (exact) mass is 230 g/mol. The molecule has 0 fully saturated rings. The summed E-state index contributed by atoms with van der Waals surface area (Å²) in [6, 6.07) is 3.17. The maximum Gasteiger partial charge on any atom is 0.240 e. The van der Waals surface area contributed by atoms with Crippen molar-refractivity contribution in [2.75, 3.05) is 5.73 Å². The zero-order valence-electron chi connectivity index (χ0n) is 6.01. The van der Waals surface area contributed by atoms with E-state index in [1.807, 2.05) is 0 Å². The summed E-state index contributed by atoms with van der Waals surface area (Å²) in [7, 11) is 0. The van der Waals surface area contributed by atoms with Crippen molar-refractivity contribution < 1.29 is 5.11 Å². The zero-order valence-corrected chi connectivity index (χ0v) is 7.72. The fourth-order valence-corrected chi connectivity index (χ4v) is 0.889. The van der Waals surface area contributed by atoms with E-state index in [2.05, 4.69) is 10.1 Å². The Bertz CT molecular complexity index is 399. The molecule has 0 saturated heterocycles. The van der Waals surface area contributed by atoms with Crippen molar-refractivity contribution in [2.45, 2.75) is 0 Å². The molecule has 0 saturated carbocycles. The number of rotatable bonds is 0. The Morgan fingerprint density at radius 1 is 1.42 bits per heavy atom. The van der Waals surface area contributed by atoms with E-state index in [1.165, 1.54) is 16.8 Å². The lowest BCUT2D eigenvalue weighted by Crippen LogP contribution is -1.88. The second kappa shape index (κ2) is 2.98. The molecule has 0 radical (unpaired) electrons. The highest BCUT2D eigenvalue weighted by Crippen LogP contribution is 2.09. The molecule has 0 unspecified atom stereocenters. The largest absolute Gasteiger partial charge is 0.506 e. The third kappa shape index (κ3) is 1.33. The Balaban J connectivity index is 0.000000720. The van der Waals surface area contributed by atoms with Gasteiger partial charge in [-0.2, -0.15) is 4.98 Å². The van der Waals surface area contributed by atoms with E-state index in [4.69, 9.17) is 10.8 Å². The van der Waals surface area contributed by atoms with Crippen LogP contribution >= 0.6 is 17.0 Å². The molecule has 3 N–H and O–H groups in total. The van der Waals surface area contributed by atoms with E-state index < -0.39 is 0 Å². The number of fused-ring (bicyclic) bond motifs is 1. The van der Waals surface area contributed by atoms with E-state index in [-0.39, 0.29) is 28.7 Å². The van der Waals surface area contributed by atoms with Gasteiger partial charge in [0, 0.05) is 0 Å². The van der Waals surface area contributed by atoms with Crippen LogP contribution < -0.4 is 5.73 Å². The SMILES string of the molecule is Br.Nc1nc2ccc(O)cn2n1. The minimum absolute atomic E-state index is 0. The van der Waals surface area contributed by atoms with Crippen molar-refractivity contribution in [1.82, 2.24) is 14.6 Å². The molecule has 6 heteroatoms. The smallest absolute Gasteiger partial charge is 0.240 e.